The van der Waals surface area contributed by atoms with Gasteiger partial charge in [-0.2, -0.15) is 0 Å². The Hall–Kier alpha value is -5.74. The molecule has 3 aromatic heterocycles. The first-order valence-corrected chi connectivity index (χ1v) is 14.1. The van der Waals surface area contributed by atoms with E-state index in [9.17, 15) is 0 Å². The molecule has 0 radical (unpaired) electrons. The molecule has 0 fully saturated rings. The zero-order valence-corrected chi connectivity index (χ0v) is 22.5. The predicted octanol–water partition coefficient (Wildman–Crippen LogP) is 9.96. The summed E-state index contributed by atoms with van der Waals surface area (Å²) in [5.41, 5.74) is 6.92. The molecule has 0 bridgehead atoms. The number of para-hydroxylation sites is 2. The molecule has 9 aromatic rings. The number of aromatic nitrogens is 3. The molecular weight excluding hydrogens is 514 g/mol. The van der Waals surface area contributed by atoms with Crippen LogP contribution in [-0.4, -0.2) is 14.5 Å². The van der Waals surface area contributed by atoms with Gasteiger partial charge in [-0.1, -0.05) is 121 Å². The first kappa shape index (κ1) is 23.0. The Morgan fingerprint density at radius 1 is 0.500 bits per heavy atom. The molecule has 0 aliphatic carbocycles. The summed E-state index contributed by atoms with van der Waals surface area (Å²) in [6.07, 6.45) is 0. The van der Waals surface area contributed by atoms with Crippen LogP contribution >= 0.6 is 0 Å². The van der Waals surface area contributed by atoms with E-state index in [1.807, 2.05) is 42.5 Å². The highest BCUT2D eigenvalue weighted by Crippen LogP contribution is 2.45. The maximum absolute atomic E-state index is 6.56. The summed E-state index contributed by atoms with van der Waals surface area (Å²) in [6.45, 7) is 0. The maximum Gasteiger partial charge on any atom is 0.162 e. The van der Waals surface area contributed by atoms with Gasteiger partial charge >= 0.3 is 0 Å². The Bertz CT molecular complexity index is 2400. The van der Waals surface area contributed by atoms with E-state index in [4.69, 9.17) is 14.4 Å². The minimum atomic E-state index is 0.692. The van der Waals surface area contributed by atoms with Crippen molar-refractivity contribution < 1.29 is 4.42 Å². The van der Waals surface area contributed by atoms with Crippen molar-refractivity contribution in [2.45, 2.75) is 0 Å². The Labute approximate surface area is 241 Å². The molecule has 0 N–H and O–H groups in total. The van der Waals surface area contributed by atoms with Crippen LogP contribution in [0.3, 0.4) is 0 Å². The lowest BCUT2D eigenvalue weighted by Crippen LogP contribution is -2.02. The molecule has 9 rings (SSSR count). The Morgan fingerprint density at radius 3 is 1.90 bits per heavy atom. The van der Waals surface area contributed by atoms with Crippen LogP contribution in [0.1, 0.15) is 0 Å². The van der Waals surface area contributed by atoms with Crippen molar-refractivity contribution in [1.29, 1.82) is 0 Å². The molecule has 42 heavy (non-hydrogen) atoms. The average molecular weight is 538 g/mol. The number of nitrogens with zero attached hydrogens (tertiary/aromatic N) is 3. The molecule has 0 aliphatic rings. The van der Waals surface area contributed by atoms with E-state index in [0.29, 0.717) is 5.82 Å². The number of fused-ring (bicyclic) bond motifs is 10. The van der Waals surface area contributed by atoms with Gasteiger partial charge in [0.05, 0.1) is 16.7 Å². The van der Waals surface area contributed by atoms with E-state index in [2.05, 4.69) is 102 Å². The number of furan rings is 1. The van der Waals surface area contributed by atoms with Crippen molar-refractivity contribution in [1.82, 2.24) is 14.5 Å². The molecule has 0 atom stereocenters. The topological polar surface area (TPSA) is 43.9 Å². The summed E-state index contributed by atoms with van der Waals surface area (Å²) in [5.74, 6) is 1.52. The van der Waals surface area contributed by atoms with Crippen molar-refractivity contribution in [2.24, 2.45) is 0 Å². The third-order valence-electron chi connectivity index (χ3n) is 8.19. The van der Waals surface area contributed by atoms with Crippen molar-refractivity contribution in [3.63, 3.8) is 0 Å². The van der Waals surface area contributed by atoms with Crippen LogP contribution in [0.25, 0.3) is 83.0 Å². The molecular formula is C38H23N3O. The van der Waals surface area contributed by atoms with Crippen LogP contribution in [0.15, 0.2) is 144 Å². The fourth-order valence-electron chi connectivity index (χ4n) is 6.38. The van der Waals surface area contributed by atoms with Gasteiger partial charge in [0.25, 0.3) is 0 Å². The van der Waals surface area contributed by atoms with Crippen molar-refractivity contribution in [3.05, 3.63) is 140 Å². The SMILES string of the molecule is c1ccc(-c2cc(-n3c4ccccc4c4c5c6ccccc6oc5c5ccccc5c43)nc(-c3ccccc3)n2)cc1. The van der Waals surface area contributed by atoms with Gasteiger partial charge in [-0.05, 0) is 12.1 Å². The normalized spacial score (nSPS) is 11.8. The highest BCUT2D eigenvalue weighted by molar-refractivity contribution is 6.35. The highest BCUT2D eigenvalue weighted by Gasteiger charge is 2.23. The number of benzene rings is 6. The maximum atomic E-state index is 6.56. The third kappa shape index (κ3) is 3.29. The fraction of sp³-hybridized carbons (Fsp3) is 0. The van der Waals surface area contributed by atoms with Gasteiger partial charge in [0.15, 0.2) is 5.82 Å². The van der Waals surface area contributed by atoms with E-state index >= 15 is 0 Å². The van der Waals surface area contributed by atoms with Gasteiger partial charge in [0.2, 0.25) is 0 Å². The molecule has 0 unspecified atom stereocenters. The number of rotatable bonds is 3. The number of hydrogen-bond donors (Lipinski definition) is 0. The van der Waals surface area contributed by atoms with E-state index in [1.54, 1.807) is 0 Å². The third-order valence-corrected chi connectivity index (χ3v) is 8.19. The molecule has 0 aliphatic heterocycles. The van der Waals surface area contributed by atoms with E-state index in [1.165, 1.54) is 5.39 Å². The van der Waals surface area contributed by atoms with Crippen LogP contribution < -0.4 is 0 Å². The summed E-state index contributed by atoms with van der Waals surface area (Å²) in [4.78, 5) is 10.3. The van der Waals surface area contributed by atoms with Crippen LogP contribution in [-0.2, 0) is 0 Å². The lowest BCUT2D eigenvalue weighted by atomic mass is 9.99. The largest absolute Gasteiger partial charge is 0.455 e. The zero-order valence-electron chi connectivity index (χ0n) is 22.5. The van der Waals surface area contributed by atoms with Gasteiger partial charge in [0, 0.05) is 49.5 Å². The number of hydrogen-bond acceptors (Lipinski definition) is 3. The van der Waals surface area contributed by atoms with E-state index < -0.39 is 0 Å². The van der Waals surface area contributed by atoms with Crippen molar-refractivity contribution >= 4 is 54.5 Å². The standard InChI is InChI=1S/C38H23N3O/c1-3-13-24(14-4-1)30-23-33(40-38(39-30)25-15-5-2-6-16-25)41-31-21-11-9-19-28(31)34-35-29-20-10-12-22-32(29)42-37(35)27-18-8-7-17-26(27)36(34)41/h1-23H. The second-order valence-electron chi connectivity index (χ2n) is 10.6. The molecule has 4 nitrogen and oxygen atoms in total. The summed E-state index contributed by atoms with van der Waals surface area (Å²) in [6, 6.07) is 48.1. The summed E-state index contributed by atoms with van der Waals surface area (Å²) >= 11 is 0. The summed E-state index contributed by atoms with van der Waals surface area (Å²) in [7, 11) is 0. The van der Waals surface area contributed by atoms with Crippen LogP contribution in [0.4, 0.5) is 0 Å². The van der Waals surface area contributed by atoms with Gasteiger partial charge < -0.3 is 4.42 Å². The minimum Gasteiger partial charge on any atom is -0.455 e. The zero-order chi connectivity index (χ0) is 27.6. The predicted molar refractivity (Wildman–Crippen MR) is 172 cm³/mol. The lowest BCUT2D eigenvalue weighted by molar-refractivity contribution is 0.673. The Morgan fingerprint density at radius 2 is 1.12 bits per heavy atom. The molecule has 6 aromatic carbocycles. The van der Waals surface area contributed by atoms with Gasteiger partial charge in [0.1, 0.15) is 17.0 Å². The molecule has 196 valence electrons. The summed E-state index contributed by atoms with van der Waals surface area (Å²) in [5, 5.41) is 6.79. The molecule has 3 heterocycles. The first-order valence-electron chi connectivity index (χ1n) is 14.1. The molecule has 0 amide bonds. The molecule has 4 heteroatoms. The van der Waals surface area contributed by atoms with Gasteiger partial charge in [-0.3, -0.25) is 4.57 Å². The van der Waals surface area contributed by atoms with Gasteiger partial charge in [-0.25, -0.2) is 9.97 Å². The molecule has 0 spiro atoms. The fourth-order valence-corrected chi connectivity index (χ4v) is 6.38. The lowest BCUT2D eigenvalue weighted by Gasteiger charge is -2.13. The van der Waals surface area contributed by atoms with E-state index in [0.717, 1.165) is 71.8 Å². The van der Waals surface area contributed by atoms with Crippen molar-refractivity contribution in [2.75, 3.05) is 0 Å². The highest BCUT2D eigenvalue weighted by atomic mass is 16.3. The second-order valence-corrected chi connectivity index (χ2v) is 10.6. The average Bonchev–Trinajstić information content (AvgIpc) is 3.62. The van der Waals surface area contributed by atoms with E-state index in [-0.39, 0.29) is 0 Å². The Balaban J connectivity index is 1.50. The van der Waals surface area contributed by atoms with Crippen LogP contribution in [0.5, 0.6) is 0 Å². The summed E-state index contributed by atoms with van der Waals surface area (Å²) < 4.78 is 8.87. The quantitative estimate of drug-likeness (QED) is 0.225. The Kier molecular flexibility index (Phi) is 4.87. The smallest absolute Gasteiger partial charge is 0.162 e. The second kappa shape index (κ2) is 8.88. The molecule has 0 saturated carbocycles. The monoisotopic (exact) mass is 537 g/mol. The van der Waals surface area contributed by atoms with Crippen LogP contribution in [0, 0.1) is 0 Å². The molecule has 0 saturated heterocycles. The first-order chi connectivity index (χ1) is 20.8. The van der Waals surface area contributed by atoms with Gasteiger partial charge in [-0.15, -0.1) is 0 Å². The minimum absolute atomic E-state index is 0.692. The van der Waals surface area contributed by atoms with Crippen molar-refractivity contribution in [3.8, 4) is 28.5 Å². The van der Waals surface area contributed by atoms with Crippen LogP contribution in [0.2, 0.25) is 0 Å².